The number of aliphatic hydroxyl groups is 1. The molecule has 144 valence electrons. The minimum Gasteiger partial charge on any atom is -0.489 e. The summed E-state index contributed by atoms with van der Waals surface area (Å²) in [4.78, 5) is 11.8. The molecule has 2 aromatic rings. The van der Waals surface area contributed by atoms with Crippen LogP contribution < -0.4 is 10.1 Å². The van der Waals surface area contributed by atoms with Crippen LogP contribution in [0.3, 0.4) is 0 Å². The topological polar surface area (TPSA) is 67.8 Å². The first-order valence-electron chi connectivity index (χ1n) is 9.17. The van der Waals surface area contributed by atoms with Crippen LogP contribution in [-0.2, 0) is 11.2 Å². The first-order valence-corrected chi connectivity index (χ1v) is 9.55. The highest BCUT2D eigenvalue weighted by Crippen LogP contribution is 2.28. The number of ether oxygens (including phenoxy) is 2. The number of nitrogens with one attached hydrogen (secondary N) is 1. The van der Waals surface area contributed by atoms with Crippen molar-refractivity contribution in [3.63, 3.8) is 0 Å². The van der Waals surface area contributed by atoms with Crippen LogP contribution in [0, 0.1) is 0 Å². The molecular formula is C21H24ClNO4. The zero-order chi connectivity index (χ0) is 19.2. The summed E-state index contributed by atoms with van der Waals surface area (Å²) in [5, 5.41) is 14.1. The number of rotatable bonds is 7. The number of hydrogen-bond acceptors (Lipinski definition) is 5. The van der Waals surface area contributed by atoms with E-state index in [4.69, 9.17) is 21.1 Å². The van der Waals surface area contributed by atoms with Crippen molar-refractivity contribution >= 4 is 17.6 Å². The Hall–Kier alpha value is -2.08. The van der Waals surface area contributed by atoms with Crippen LogP contribution in [0.1, 0.15) is 40.9 Å². The number of carbonyl (C=O) groups is 1. The van der Waals surface area contributed by atoms with E-state index in [1.165, 1.54) is 0 Å². The van der Waals surface area contributed by atoms with Gasteiger partial charge in [0, 0.05) is 18.1 Å². The van der Waals surface area contributed by atoms with Crippen molar-refractivity contribution in [1.29, 1.82) is 0 Å². The van der Waals surface area contributed by atoms with Gasteiger partial charge in [-0.3, -0.25) is 0 Å². The highest BCUT2D eigenvalue weighted by molar-refractivity contribution is 6.30. The van der Waals surface area contributed by atoms with Crippen molar-refractivity contribution in [3.05, 3.63) is 64.2 Å². The lowest BCUT2D eigenvalue weighted by Gasteiger charge is -2.27. The normalized spacial score (nSPS) is 16.9. The molecule has 27 heavy (non-hydrogen) atoms. The van der Waals surface area contributed by atoms with Crippen molar-refractivity contribution < 1.29 is 19.4 Å². The first-order chi connectivity index (χ1) is 13.1. The third kappa shape index (κ3) is 5.22. The summed E-state index contributed by atoms with van der Waals surface area (Å²) in [6.07, 6.45) is 1.09. The lowest BCUT2D eigenvalue weighted by Crippen LogP contribution is -2.36. The molecule has 2 aromatic carbocycles. The van der Waals surface area contributed by atoms with Crippen molar-refractivity contribution in [2.75, 3.05) is 19.7 Å². The Labute approximate surface area is 164 Å². The van der Waals surface area contributed by atoms with E-state index in [1.54, 1.807) is 25.1 Å². The average Bonchev–Trinajstić information content (AvgIpc) is 2.67. The van der Waals surface area contributed by atoms with Gasteiger partial charge in [0.15, 0.2) is 0 Å². The summed E-state index contributed by atoms with van der Waals surface area (Å²) in [5.74, 6) is 0.496. The Balaban J connectivity index is 1.50. The van der Waals surface area contributed by atoms with E-state index in [1.807, 2.05) is 24.3 Å². The van der Waals surface area contributed by atoms with Gasteiger partial charge >= 0.3 is 5.97 Å². The molecule has 0 saturated carbocycles. The molecule has 1 aliphatic rings. The molecule has 3 rings (SSSR count). The van der Waals surface area contributed by atoms with Gasteiger partial charge in [-0.15, -0.1) is 0 Å². The Morgan fingerprint density at radius 2 is 2.22 bits per heavy atom. The third-order valence-corrected chi connectivity index (χ3v) is 4.78. The number of halogens is 1. The fourth-order valence-electron chi connectivity index (χ4n) is 3.14. The Kier molecular flexibility index (Phi) is 6.72. The molecule has 0 aromatic heterocycles. The van der Waals surface area contributed by atoms with Crippen LogP contribution in [0.15, 0.2) is 42.5 Å². The van der Waals surface area contributed by atoms with E-state index in [0.29, 0.717) is 30.3 Å². The zero-order valence-corrected chi connectivity index (χ0v) is 16.0. The second-order valence-corrected chi connectivity index (χ2v) is 6.99. The van der Waals surface area contributed by atoms with Gasteiger partial charge in [-0.25, -0.2) is 4.79 Å². The van der Waals surface area contributed by atoms with E-state index in [9.17, 15) is 9.90 Å². The molecular weight excluding hydrogens is 366 g/mol. The summed E-state index contributed by atoms with van der Waals surface area (Å²) < 4.78 is 11.1. The molecule has 0 fully saturated rings. The summed E-state index contributed by atoms with van der Waals surface area (Å²) >= 11 is 5.96. The van der Waals surface area contributed by atoms with Gasteiger partial charge in [0.05, 0.1) is 18.3 Å². The highest BCUT2D eigenvalue weighted by atomic mass is 35.5. The van der Waals surface area contributed by atoms with Gasteiger partial charge in [-0.2, -0.15) is 0 Å². The smallest absolute Gasteiger partial charge is 0.338 e. The molecule has 2 atom stereocenters. The van der Waals surface area contributed by atoms with E-state index in [0.717, 1.165) is 29.7 Å². The number of aliphatic hydroxyl groups excluding tert-OH is 1. The highest BCUT2D eigenvalue weighted by Gasteiger charge is 2.21. The SMILES string of the molecule is CCOC(=O)c1ccc2c(c1)CCC(CNC[C@H](O)c1cccc(Cl)c1)O2. The van der Waals surface area contributed by atoms with Gasteiger partial charge in [0.1, 0.15) is 11.9 Å². The van der Waals surface area contributed by atoms with Crippen molar-refractivity contribution in [2.24, 2.45) is 0 Å². The van der Waals surface area contributed by atoms with Crippen LogP contribution in [0.25, 0.3) is 0 Å². The predicted molar refractivity (Wildman–Crippen MR) is 104 cm³/mol. The number of hydrogen-bond donors (Lipinski definition) is 2. The van der Waals surface area contributed by atoms with Crippen molar-refractivity contribution in [3.8, 4) is 5.75 Å². The maximum absolute atomic E-state index is 11.8. The molecule has 0 radical (unpaired) electrons. The molecule has 0 amide bonds. The average molecular weight is 390 g/mol. The van der Waals surface area contributed by atoms with Gasteiger partial charge in [-0.05, 0) is 61.2 Å². The van der Waals surface area contributed by atoms with E-state index in [-0.39, 0.29) is 12.1 Å². The standard InChI is InChI=1S/C21H24ClNO4/c1-2-26-21(25)16-7-9-20-15(10-16)6-8-18(27-20)12-23-13-19(24)14-4-3-5-17(22)11-14/h3-5,7,9-11,18-19,23-24H,2,6,8,12-13H2,1H3/t18?,19-/m0/s1. The third-order valence-electron chi connectivity index (χ3n) is 4.54. The maximum Gasteiger partial charge on any atom is 0.338 e. The molecule has 0 spiro atoms. The Bertz CT molecular complexity index is 796. The minimum absolute atomic E-state index is 0.0255. The minimum atomic E-state index is -0.619. The summed E-state index contributed by atoms with van der Waals surface area (Å²) in [6, 6.07) is 12.6. The maximum atomic E-state index is 11.8. The Morgan fingerprint density at radius 3 is 3.00 bits per heavy atom. The van der Waals surface area contributed by atoms with Crippen LogP contribution in [0.2, 0.25) is 5.02 Å². The Morgan fingerprint density at radius 1 is 1.37 bits per heavy atom. The number of benzene rings is 2. The summed E-state index contributed by atoms with van der Waals surface area (Å²) in [7, 11) is 0. The number of fused-ring (bicyclic) bond motifs is 1. The van der Waals surface area contributed by atoms with Crippen LogP contribution in [0.5, 0.6) is 5.75 Å². The van der Waals surface area contributed by atoms with Gasteiger partial charge in [-0.1, -0.05) is 23.7 Å². The molecule has 0 bridgehead atoms. The fraction of sp³-hybridized carbons (Fsp3) is 0.381. The zero-order valence-electron chi connectivity index (χ0n) is 15.3. The van der Waals surface area contributed by atoms with E-state index in [2.05, 4.69) is 5.32 Å². The molecule has 0 saturated heterocycles. The molecule has 0 aliphatic carbocycles. The van der Waals surface area contributed by atoms with E-state index < -0.39 is 6.10 Å². The van der Waals surface area contributed by atoms with Crippen LogP contribution >= 0.6 is 11.6 Å². The monoisotopic (exact) mass is 389 g/mol. The van der Waals surface area contributed by atoms with Crippen LogP contribution in [0.4, 0.5) is 0 Å². The first kappa shape index (κ1) is 19.7. The molecule has 1 heterocycles. The second-order valence-electron chi connectivity index (χ2n) is 6.55. The quantitative estimate of drug-likeness (QED) is 0.709. The molecule has 1 aliphatic heterocycles. The lowest BCUT2D eigenvalue weighted by atomic mass is 10.00. The molecule has 5 nitrogen and oxygen atoms in total. The largest absolute Gasteiger partial charge is 0.489 e. The molecule has 6 heteroatoms. The fourth-order valence-corrected chi connectivity index (χ4v) is 3.34. The lowest BCUT2D eigenvalue weighted by molar-refractivity contribution is 0.0526. The number of carbonyl (C=O) groups excluding carboxylic acids is 1. The summed E-state index contributed by atoms with van der Waals surface area (Å²) in [5.41, 5.74) is 2.37. The number of esters is 1. The molecule has 1 unspecified atom stereocenters. The second kappa shape index (κ2) is 9.22. The summed E-state index contributed by atoms with van der Waals surface area (Å²) in [6.45, 7) is 3.22. The van der Waals surface area contributed by atoms with E-state index >= 15 is 0 Å². The number of aryl methyl sites for hydroxylation is 1. The van der Waals surface area contributed by atoms with Gasteiger partial charge < -0.3 is 19.9 Å². The predicted octanol–water partition coefficient (Wildman–Crippen LogP) is 3.53. The van der Waals surface area contributed by atoms with Gasteiger partial charge in [0.25, 0.3) is 0 Å². The van der Waals surface area contributed by atoms with Crippen molar-refractivity contribution in [2.45, 2.75) is 32.0 Å². The molecule has 2 N–H and O–H groups in total. The van der Waals surface area contributed by atoms with Crippen LogP contribution in [-0.4, -0.2) is 36.9 Å². The van der Waals surface area contributed by atoms with Gasteiger partial charge in [0.2, 0.25) is 0 Å². The van der Waals surface area contributed by atoms with Crippen molar-refractivity contribution in [1.82, 2.24) is 5.32 Å².